The zero-order chi connectivity index (χ0) is 15.2. The average Bonchev–Trinajstić information content (AvgIpc) is 2.81. The number of aliphatic hydroxyl groups is 1. The number of hydrogen-bond acceptors (Lipinski definition) is 4. The van der Waals surface area contributed by atoms with Gasteiger partial charge in [0.25, 0.3) is 0 Å². The molecule has 0 radical (unpaired) electrons. The van der Waals surface area contributed by atoms with Crippen LogP contribution >= 0.6 is 11.6 Å². The molecule has 2 rings (SSSR count). The van der Waals surface area contributed by atoms with Gasteiger partial charge in [-0.15, -0.1) is 0 Å². The quantitative estimate of drug-likeness (QED) is 0.811. The molecule has 116 valence electrons. The van der Waals surface area contributed by atoms with Gasteiger partial charge in [-0.3, -0.25) is 9.69 Å². The van der Waals surface area contributed by atoms with Gasteiger partial charge in [-0.2, -0.15) is 0 Å². The summed E-state index contributed by atoms with van der Waals surface area (Å²) in [4.78, 5) is 13.7. The summed E-state index contributed by atoms with van der Waals surface area (Å²) in [5.41, 5.74) is 1.13. The highest BCUT2D eigenvalue weighted by Gasteiger charge is 2.31. The topological polar surface area (TPSA) is 61.8 Å². The lowest BCUT2D eigenvalue weighted by Crippen LogP contribution is -2.37. The van der Waals surface area contributed by atoms with E-state index >= 15 is 0 Å². The van der Waals surface area contributed by atoms with Crippen molar-refractivity contribution in [3.63, 3.8) is 0 Å². The number of amides is 1. The summed E-state index contributed by atoms with van der Waals surface area (Å²) >= 11 is 5.82. The lowest BCUT2D eigenvalue weighted by molar-refractivity contribution is -0.122. The number of carbonyl (C=O) groups is 1. The summed E-state index contributed by atoms with van der Waals surface area (Å²) < 4.78 is 5.15. The fraction of sp³-hybridized carbons (Fsp3) is 0.533. The number of β-amino-alcohol motifs (C(OH)–C–C–N with tert-alkyl or cyclic N) is 1. The van der Waals surface area contributed by atoms with E-state index in [1.54, 1.807) is 7.11 Å². The zero-order valence-electron chi connectivity index (χ0n) is 12.1. The van der Waals surface area contributed by atoms with Crippen LogP contribution in [-0.4, -0.2) is 61.4 Å². The van der Waals surface area contributed by atoms with Crippen LogP contribution in [0.25, 0.3) is 0 Å². The molecule has 1 aromatic rings. The average molecular weight is 313 g/mol. The summed E-state index contributed by atoms with van der Waals surface area (Å²) in [5, 5.41) is 13.3. The second-order valence-corrected chi connectivity index (χ2v) is 5.70. The first-order valence-corrected chi connectivity index (χ1v) is 7.40. The van der Waals surface area contributed by atoms with E-state index in [-0.39, 0.29) is 18.6 Å². The van der Waals surface area contributed by atoms with E-state index in [1.165, 1.54) is 0 Å². The van der Waals surface area contributed by atoms with Crippen LogP contribution in [0.1, 0.15) is 5.56 Å². The van der Waals surface area contributed by atoms with Gasteiger partial charge in [-0.25, -0.2) is 0 Å². The lowest BCUT2D eigenvalue weighted by Gasteiger charge is -2.14. The Bertz CT molecular complexity index is 466. The smallest absolute Gasteiger partial charge is 0.234 e. The normalized spacial score (nSPS) is 22.4. The molecule has 0 aliphatic carbocycles. The standard InChI is InChI=1S/C15H21ClN2O3/c1-21-14-9-18(8-13(14)19)10-15(20)17-7-6-11-2-4-12(16)5-3-11/h2-5,13-14,19H,6-10H2,1H3,(H,17,20)/t13-,14-/m0/s1. The zero-order valence-corrected chi connectivity index (χ0v) is 12.8. The molecule has 21 heavy (non-hydrogen) atoms. The first-order valence-electron chi connectivity index (χ1n) is 7.03. The Morgan fingerprint density at radius 1 is 1.43 bits per heavy atom. The molecule has 6 heteroatoms. The van der Waals surface area contributed by atoms with Crippen molar-refractivity contribution in [1.29, 1.82) is 0 Å². The van der Waals surface area contributed by atoms with Crippen LogP contribution in [0.15, 0.2) is 24.3 Å². The van der Waals surface area contributed by atoms with Crippen molar-refractivity contribution in [3.8, 4) is 0 Å². The van der Waals surface area contributed by atoms with Gasteiger partial charge in [0.05, 0.1) is 18.8 Å². The van der Waals surface area contributed by atoms with Crippen molar-refractivity contribution in [2.75, 3.05) is 33.3 Å². The molecule has 1 aromatic carbocycles. The van der Waals surface area contributed by atoms with Crippen LogP contribution < -0.4 is 5.32 Å². The van der Waals surface area contributed by atoms with Gasteiger partial charge in [-0.1, -0.05) is 23.7 Å². The molecule has 0 saturated carbocycles. The molecule has 1 aliphatic heterocycles. The molecular formula is C15H21ClN2O3. The van der Waals surface area contributed by atoms with Gasteiger partial charge < -0.3 is 15.2 Å². The third kappa shape index (κ3) is 4.97. The van der Waals surface area contributed by atoms with Gasteiger partial charge in [0.2, 0.25) is 5.91 Å². The molecule has 1 fully saturated rings. The van der Waals surface area contributed by atoms with Crippen molar-refractivity contribution in [1.82, 2.24) is 10.2 Å². The SMILES string of the molecule is CO[C@H]1CN(CC(=O)NCCc2ccc(Cl)cc2)C[C@@H]1O. The number of hydrogen-bond donors (Lipinski definition) is 2. The summed E-state index contributed by atoms with van der Waals surface area (Å²) in [6.07, 6.45) is 0.0513. The van der Waals surface area contributed by atoms with Crippen molar-refractivity contribution in [2.45, 2.75) is 18.6 Å². The van der Waals surface area contributed by atoms with E-state index in [9.17, 15) is 9.90 Å². The van der Waals surface area contributed by atoms with Crippen LogP contribution in [0, 0.1) is 0 Å². The van der Waals surface area contributed by atoms with Crippen molar-refractivity contribution in [3.05, 3.63) is 34.9 Å². The molecule has 1 amide bonds. The molecule has 5 nitrogen and oxygen atoms in total. The van der Waals surface area contributed by atoms with Gasteiger partial charge >= 0.3 is 0 Å². The maximum Gasteiger partial charge on any atom is 0.234 e. The number of aliphatic hydroxyl groups excluding tert-OH is 1. The van der Waals surface area contributed by atoms with Gasteiger partial charge in [0, 0.05) is 31.8 Å². The fourth-order valence-electron chi connectivity index (χ4n) is 2.45. The highest BCUT2D eigenvalue weighted by Crippen LogP contribution is 2.12. The summed E-state index contributed by atoms with van der Waals surface area (Å²) in [6.45, 7) is 1.94. The highest BCUT2D eigenvalue weighted by atomic mass is 35.5. The number of rotatable bonds is 6. The van der Waals surface area contributed by atoms with E-state index in [2.05, 4.69) is 5.32 Å². The third-order valence-corrected chi connectivity index (χ3v) is 3.88. The number of benzene rings is 1. The van der Waals surface area contributed by atoms with Gasteiger partial charge in [0.15, 0.2) is 0 Å². The molecular weight excluding hydrogens is 292 g/mol. The molecule has 0 unspecified atom stereocenters. The monoisotopic (exact) mass is 312 g/mol. The number of nitrogens with one attached hydrogen (secondary N) is 1. The predicted octanol–water partition coefficient (Wildman–Crippen LogP) is 0.690. The number of methoxy groups -OCH3 is 1. The Kier molecular flexibility index (Phi) is 5.99. The van der Waals surface area contributed by atoms with E-state index in [0.29, 0.717) is 24.7 Å². The maximum absolute atomic E-state index is 11.8. The van der Waals surface area contributed by atoms with E-state index in [4.69, 9.17) is 16.3 Å². The van der Waals surface area contributed by atoms with E-state index in [0.717, 1.165) is 12.0 Å². The van der Waals surface area contributed by atoms with E-state index in [1.807, 2.05) is 29.2 Å². The fourth-order valence-corrected chi connectivity index (χ4v) is 2.58. The molecule has 1 heterocycles. The highest BCUT2D eigenvalue weighted by molar-refractivity contribution is 6.30. The van der Waals surface area contributed by atoms with E-state index < -0.39 is 6.10 Å². The number of carbonyl (C=O) groups excluding carboxylic acids is 1. The molecule has 1 aliphatic rings. The Balaban J connectivity index is 1.67. The molecule has 0 bridgehead atoms. The number of ether oxygens (including phenoxy) is 1. The minimum absolute atomic E-state index is 0.0343. The number of nitrogens with zero attached hydrogens (tertiary/aromatic N) is 1. The van der Waals surface area contributed by atoms with Crippen LogP contribution in [0.2, 0.25) is 5.02 Å². The summed E-state index contributed by atoms with van der Waals surface area (Å²) in [5.74, 6) is -0.0343. The number of likely N-dealkylation sites (tertiary alicyclic amines) is 1. The number of halogens is 1. The predicted molar refractivity (Wildman–Crippen MR) is 81.4 cm³/mol. The molecule has 2 N–H and O–H groups in total. The van der Waals surface area contributed by atoms with Crippen LogP contribution in [0.3, 0.4) is 0 Å². The molecule has 0 spiro atoms. The third-order valence-electron chi connectivity index (χ3n) is 3.63. The first kappa shape index (κ1) is 16.2. The van der Waals surface area contributed by atoms with Crippen LogP contribution in [-0.2, 0) is 16.0 Å². The lowest BCUT2D eigenvalue weighted by atomic mass is 10.1. The largest absolute Gasteiger partial charge is 0.389 e. The second-order valence-electron chi connectivity index (χ2n) is 5.26. The maximum atomic E-state index is 11.8. The Hall–Kier alpha value is -1.14. The summed E-state index contributed by atoms with van der Waals surface area (Å²) in [7, 11) is 1.57. The second kappa shape index (κ2) is 7.75. The molecule has 1 saturated heterocycles. The Morgan fingerprint density at radius 2 is 2.14 bits per heavy atom. The van der Waals surface area contributed by atoms with Crippen molar-refractivity contribution < 1.29 is 14.6 Å². The van der Waals surface area contributed by atoms with Crippen molar-refractivity contribution >= 4 is 17.5 Å². The summed E-state index contributed by atoms with van der Waals surface area (Å²) in [6, 6.07) is 7.59. The Labute approximate surface area is 129 Å². The minimum atomic E-state index is -0.517. The van der Waals surface area contributed by atoms with Gasteiger partial charge in [-0.05, 0) is 24.1 Å². The van der Waals surface area contributed by atoms with Crippen LogP contribution in [0.5, 0.6) is 0 Å². The Morgan fingerprint density at radius 3 is 2.76 bits per heavy atom. The van der Waals surface area contributed by atoms with Gasteiger partial charge in [0.1, 0.15) is 0 Å². The van der Waals surface area contributed by atoms with Crippen molar-refractivity contribution in [2.24, 2.45) is 0 Å². The molecule has 0 aromatic heterocycles. The first-order chi connectivity index (χ1) is 10.1. The van der Waals surface area contributed by atoms with Crippen LogP contribution in [0.4, 0.5) is 0 Å². The molecule has 2 atom stereocenters. The minimum Gasteiger partial charge on any atom is -0.389 e.